The van der Waals surface area contributed by atoms with Crippen LogP contribution in [-0.4, -0.2) is 35.7 Å². The number of fused-ring (bicyclic) bond motifs is 2. The number of halogens is 1. The molecule has 0 bridgehead atoms. The normalized spacial score (nSPS) is 17.0. The smallest absolute Gasteiger partial charge is 0.228 e. The molecule has 2 aliphatic rings. The van der Waals surface area contributed by atoms with Gasteiger partial charge in [0.05, 0.1) is 5.56 Å². The van der Waals surface area contributed by atoms with Crippen LogP contribution in [0.3, 0.4) is 0 Å². The highest BCUT2D eigenvalue weighted by Crippen LogP contribution is 2.31. The highest BCUT2D eigenvalue weighted by molar-refractivity contribution is 5.99. The maximum Gasteiger partial charge on any atom is 0.228 e. The highest BCUT2D eigenvalue weighted by Gasteiger charge is 2.29. The Bertz CT molecular complexity index is 1260. The van der Waals surface area contributed by atoms with Crippen molar-refractivity contribution in [3.63, 3.8) is 0 Å². The molecule has 0 saturated heterocycles. The Morgan fingerprint density at radius 1 is 1.16 bits per heavy atom. The fraction of sp³-hybridized carbons (Fsp3) is 0.320. The van der Waals surface area contributed by atoms with E-state index in [0.29, 0.717) is 18.1 Å². The summed E-state index contributed by atoms with van der Waals surface area (Å²) in [5.74, 6) is 8.48. The van der Waals surface area contributed by atoms with Gasteiger partial charge in [0.25, 0.3) is 0 Å². The van der Waals surface area contributed by atoms with E-state index in [1.807, 2.05) is 24.3 Å². The number of amides is 1. The number of alkyl halides is 1. The molecule has 7 heteroatoms. The Morgan fingerprint density at radius 2 is 2.03 bits per heavy atom. The van der Waals surface area contributed by atoms with Crippen LogP contribution in [0.1, 0.15) is 36.0 Å². The minimum atomic E-state index is -0.471. The number of nitrogens with zero attached hydrogens (tertiary/aromatic N) is 2. The number of carbonyl (C=O) groups excluding carboxylic acids is 1. The summed E-state index contributed by atoms with van der Waals surface area (Å²) in [6.07, 6.45) is 6.39. The summed E-state index contributed by atoms with van der Waals surface area (Å²) in [6, 6.07) is 7.58. The number of anilines is 2. The summed E-state index contributed by atoms with van der Waals surface area (Å²) < 4.78 is 18.6. The molecule has 1 aromatic carbocycles. The van der Waals surface area contributed by atoms with Crippen LogP contribution in [0.25, 0.3) is 10.8 Å². The van der Waals surface area contributed by atoms with Gasteiger partial charge < -0.3 is 15.4 Å². The first-order valence-electron chi connectivity index (χ1n) is 10.8. The van der Waals surface area contributed by atoms with Crippen molar-refractivity contribution in [1.82, 2.24) is 9.97 Å². The van der Waals surface area contributed by atoms with E-state index < -0.39 is 6.67 Å². The minimum absolute atomic E-state index is 0.0126. The van der Waals surface area contributed by atoms with Gasteiger partial charge in [-0.05, 0) is 55.5 Å². The molecule has 0 radical (unpaired) electrons. The van der Waals surface area contributed by atoms with E-state index in [9.17, 15) is 9.18 Å². The number of ether oxygens (including phenoxy) is 1. The number of benzene rings is 1. The molecule has 1 amide bonds. The number of carbonyl (C=O) groups is 1. The maximum atomic E-state index is 12.9. The molecule has 2 aromatic heterocycles. The van der Waals surface area contributed by atoms with Crippen LogP contribution in [0.15, 0.2) is 36.7 Å². The number of hydrogen-bond donors (Lipinski definition) is 2. The fourth-order valence-electron chi connectivity index (χ4n) is 3.85. The van der Waals surface area contributed by atoms with Crippen molar-refractivity contribution in [2.24, 2.45) is 5.92 Å². The average molecular weight is 430 g/mol. The first-order valence-corrected chi connectivity index (χ1v) is 10.8. The van der Waals surface area contributed by atoms with Gasteiger partial charge >= 0.3 is 0 Å². The monoisotopic (exact) mass is 430 g/mol. The molecule has 1 fully saturated rings. The number of aromatic nitrogens is 2. The predicted molar refractivity (Wildman–Crippen MR) is 122 cm³/mol. The van der Waals surface area contributed by atoms with Crippen LogP contribution in [-0.2, 0) is 11.2 Å². The number of aryl methyl sites for hydroxylation is 1. The molecule has 3 heterocycles. The third-order valence-corrected chi connectivity index (χ3v) is 5.81. The molecule has 0 spiro atoms. The topological polar surface area (TPSA) is 76.1 Å². The highest BCUT2D eigenvalue weighted by atomic mass is 19.1. The number of hydrogen-bond acceptors (Lipinski definition) is 5. The molecule has 1 saturated carbocycles. The quantitative estimate of drug-likeness (QED) is 0.610. The predicted octanol–water partition coefficient (Wildman–Crippen LogP) is 4.08. The van der Waals surface area contributed by atoms with E-state index in [1.54, 1.807) is 19.4 Å². The van der Waals surface area contributed by atoms with E-state index in [0.717, 1.165) is 52.5 Å². The van der Waals surface area contributed by atoms with Gasteiger partial charge in [-0.3, -0.25) is 4.79 Å². The third kappa shape index (κ3) is 4.09. The van der Waals surface area contributed by atoms with Gasteiger partial charge in [-0.2, -0.15) is 0 Å². The maximum absolute atomic E-state index is 12.9. The van der Waals surface area contributed by atoms with E-state index in [-0.39, 0.29) is 17.9 Å². The zero-order valence-corrected chi connectivity index (χ0v) is 17.7. The van der Waals surface area contributed by atoms with E-state index >= 15 is 0 Å². The second kappa shape index (κ2) is 8.46. The van der Waals surface area contributed by atoms with E-state index in [2.05, 4.69) is 32.4 Å². The van der Waals surface area contributed by atoms with Gasteiger partial charge in [-0.1, -0.05) is 11.8 Å². The first kappa shape index (κ1) is 20.3. The number of nitrogens with one attached hydrogen (secondary N) is 2. The molecule has 1 aliphatic carbocycles. The minimum Gasteiger partial charge on any atom is -0.487 e. The fourth-order valence-corrected chi connectivity index (χ4v) is 3.85. The largest absolute Gasteiger partial charge is 0.487 e. The number of pyridine rings is 2. The molecule has 1 aliphatic heterocycles. The van der Waals surface area contributed by atoms with E-state index in [1.165, 1.54) is 0 Å². The lowest BCUT2D eigenvalue weighted by atomic mass is 10.00. The summed E-state index contributed by atoms with van der Waals surface area (Å²) in [4.78, 5) is 21.0. The third-order valence-electron chi connectivity index (χ3n) is 5.81. The SMILES string of the molecule is CNc1ncc(C#Cc2ccc3c(c2)CC[C@H](CF)O3)c2cc(NC(=O)C3CC3)ncc12. The van der Waals surface area contributed by atoms with Crippen LogP contribution in [0.4, 0.5) is 16.0 Å². The van der Waals surface area contributed by atoms with E-state index in [4.69, 9.17) is 4.74 Å². The van der Waals surface area contributed by atoms with Gasteiger partial charge in [0.15, 0.2) is 0 Å². The Labute approximate surface area is 185 Å². The molecular weight excluding hydrogens is 407 g/mol. The molecule has 0 unspecified atom stereocenters. The Kier molecular flexibility index (Phi) is 5.36. The molecule has 6 nitrogen and oxygen atoms in total. The standard InChI is InChI=1S/C25H23FN4O2/c1-27-24-21-14-28-23(30-25(31)16-5-6-16)11-20(21)18(13-29-24)4-2-15-3-9-22-17(10-15)7-8-19(12-26)32-22/h3,9-11,13-14,16,19H,5-8,12H2,1H3,(H,27,29)(H,28,30,31)/t19-/m1/s1. The zero-order chi connectivity index (χ0) is 22.1. The molecule has 2 N–H and O–H groups in total. The molecular formula is C25H23FN4O2. The van der Waals surface area contributed by atoms with Crippen LogP contribution >= 0.6 is 0 Å². The van der Waals surface area contributed by atoms with Crippen LogP contribution in [0.2, 0.25) is 0 Å². The van der Waals surface area contributed by atoms with Crippen molar-refractivity contribution < 1.29 is 13.9 Å². The molecule has 162 valence electrons. The van der Waals surface area contributed by atoms with Crippen LogP contribution in [0, 0.1) is 17.8 Å². The van der Waals surface area contributed by atoms with Gasteiger partial charge in [0.2, 0.25) is 5.91 Å². The summed E-state index contributed by atoms with van der Waals surface area (Å²) >= 11 is 0. The second-order valence-corrected chi connectivity index (χ2v) is 8.15. The summed E-state index contributed by atoms with van der Waals surface area (Å²) in [5.41, 5.74) is 2.65. The van der Waals surface area contributed by atoms with Crippen molar-refractivity contribution in [3.05, 3.63) is 53.3 Å². The lowest BCUT2D eigenvalue weighted by molar-refractivity contribution is -0.117. The van der Waals surface area contributed by atoms with Gasteiger partial charge in [-0.25, -0.2) is 14.4 Å². The molecule has 3 aromatic rings. The van der Waals surface area contributed by atoms with Gasteiger partial charge in [0, 0.05) is 41.7 Å². The van der Waals surface area contributed by atoms with Crippen molar-refractivity contribution in [1.29, 1.82) is 0 Å². The second-order valence-electron chi connectivity index (χ2n) is 8.15. The Balaban J connectivity index is 1.47. The lowest BCUT2D eigenvalue weighted by Gasteiger charge is -2.24. The molecule has 5 rings (SSSR count). The summed E-state index contributed by atoms with van der Waals surface area (Å²) in [7, 11) is 1.80. The van der Waals surface area contributed by atoms with Crippen molar-refractivity contribution in [2.75, 3.05) is 24.4 Å². The molecule has 1 atom stereocenters. The van der Waals surface area contributed by atoms with Crippen molar-refractivity contribution in [2.45, 2.75) is 31.8 Å². The number of rotatable bonds is 4. The van der Waals surface area contributed by atoms with Crippen LogP contribution < -0.4 is 15.4 Å². The van der Waals surface area contributed by atoms with Crippen molar-refractivity contribution >= 4 is 28.3 Å². The van der Waals surface area contributed by atoms with Crippen LogP contribution in [0.5, 0.6) is 5.75 Å². The average Bonchev–Trinajstić information content (AvgIpc) is 3.67. The van der Waals surface area contributed by atoms with Gasteiger partial charge in [0.1, 0.15) is 30.2 Å². The zero-order valence-electron chi connectivity index (χ0n) is 17.7. The van der Waals surface area contributed by atoms with Crippen molar-refractivity contribution in [3.8, 4) is 17.6 Å². The first-order chi connectivity index (χ1) is 15.6. The summed E-state index contributed by atoms with van der Waals surface area (Å²) in [6.45, 7) is -0.471. The Morgan fingerprint density at radius 3 is 2.81 bits per heavy atom. The Hall–Kier alpha value is -3.66. The molecule has 32 heavy (non-hydrogen) atoms. The summed E-state index contributed by atoms with van der Waals surface area (Å²) in [5, 5.41) is 7.67. The lowest BCUT2D eigenvalue weighted by Crippen LogP contribution is -2.24. The van der Waals surface area contributed by atoms with Gasteiger partial charge in [-0.15, -0.1) is 0 Å².